The SMILES string of the molecule is CCC1Nc2cc3c(cc2N(CCN2CCCC2)C1=O)OCO3. The number of hydrogen-bond acceptors (Lipinski definition) is 5. The van der Waals surface area contributed by atoms with Crippen LogP contribution in [0.1, 0.15) is 26.2 Å². The van der Waals surface area contributed by atoms with Gasteiger partial charge in [0.05, 0.1) is 11.4 Å². The van der Waals surface area contributed by atoms with Gasteiger partial charge in [-0.25, -0.2) is 0 Å². The summed E-state index contributed by atoms with van der Waals surface area (Å²) in [5, 5.41) is 3.34. The largest absolute Gasteiger partial charge is 0.454 e. The Balaban J connectivity index is 1.62. The lowest BCUT2D eigenvalue weighted by Gasteiger charge is -2.36. The van der Waals surface area contributed by atoms with Gasteiger partial charge in [-0.05, 0) is 32.4 Å². The smallest absolute Gasteiger partial charge is 0.249 e. The molecular formula is C17H23N3O3. The molecule has 0 bridgehead atoms. The lowest BCUT2D eigenvalue weighted by Crippen LogP contribution is -2.49. The molecule has 0 aliphatic carbocycles. The molecule has 1 unspecified atom stereocenters. The highest BCUT2D eigenvalue weighted by Crippen LogP contribution is 2.43. The molecule has 6 nitrogen and oxygen atoms in total. The Morgan fingerprint density at radius 3 is 2.65 bits per heavy atom. The van der Waals surface area contributed by atoms with Crippen LogP contribution in [0, 0.1) is 0 Å². The van der Waals surface area contributed by atoms with Gasteiger partial charge in [-0.1, -0.05) is 6.92 Å². The zero-order valence-electron chi connectivity index (χ0n) is 13.5. The van der Waals surface area contributed by atoms with Gasteiger partial charge in [0.15, 0.2) is 11.5 Å². The van der Waals surface area contributed by atoms with Crippen LogP contribution in [-0.2, 0) is 4.79 Å². The summed E-state index contributed by atoms with van der Waals surface area (Å²) < 4.78 is 10.9. The fourth-order valence-electron chi connectivity index (χ4n) is 3.58. The summed E-state index contributed by atoms with van der Waals surface area (Å²) in [6.07, 6.45) is 3.30. The maximum absolute atomic E-state index is 12.8. The maximum atomic E-state index is 12.8. The van der Waals surface area contributed by atoms with E-state index in [1.165, 1.54) is 12.8 Å². The maximum Gasteiger partial charge on any atom is 0.249 e. The van der Waals surface area contributed by atoms with Gasteiger partial charge < -0.3 is 24.6 Å². The van der Waals surface area contributed by atoms with E-state index >= 15 is 0 Å². The van der Waals surface area contributed by atoms with Gasteiger partial charge in [-0.15, -0.1) is 0 Å². The predicted molar refractivity (Wildman–Crippen MR) is 88.3 cm³/mol. The van der Waals surface area contributed by atoms with E-state index in [0.717, 1.165) is 55.5 Å². The van der Waals surface area contributed by atoms with Crippen molar-refractivity contribution in [2.75, 3.05) is 43.2 Å². The second-order valence-corrected chi connectivity index (χ2v) is 6.37. The Morgan fingerprint density at radius 1 is 1.17 bits per heavy atom. The van der Waals surface area contributed by atoms with Crippen molar-refractivity contribution in [3.05, 3.63) is 12.1 Å². The van der Waals surface area contributed by atoms with Crippen LogP contribution in [0.2, 0.25) is 0 Å². The molecule has 1 aromatic carbocycles. The Labute approximate surface area is 136 Å². The number of hydrogen-bond donors (Lipinski definition) is 1. The molecule has 0 radical (unpaired) electrons. The van der Waals surface area contributed by atoms with Gasteiger partial charge in [0.1, 0.15) is 6.04 Å². The number of anilines is 2. The van der Waals surface area contributed by atoms with Crippen molar-refractivity contribution in [3.8, 4) is 11.5 Å². The molecule has 1 atom stereocenters. The minimum absolute atomic E-state index is 0.151. The number of ether oxygens (including phenoxy) is 2. The number of nitrogens with one attached hydrogen (secondary N) is 1. The summed E-state index contributed by atoms with van der Waals surface area (Å²) in [5.74, 6) is 1.62. The van der Waals surface area contributed by atoms with E-state index in [1.54, 1.807) is 0 Å². The van der Waals surface area contributed by atoms with Crippen molar-refractivity contribution >= 4 is 17.3 Å². The van der Waals surface area contributed by atoms with E-state index in [9.17, 15) is 4.79 Å². The summed E-state index contributed by atoms with van der Waals surface area (Å²) in [6.45, 7) is 6.22. The number of nitrogens with zero attached hydrogens (tertiary/aromatic N) is 2. The van der Waals surface area contributed by atoms with E-state index in [0.29, 0.717) is 0 Å². The van der Waals surface area contributed by atoms with Crippen molar-refractivity contribution in [1.29, 1.82) is 0 Å². The van der Waals surface area contributed by atoms with Crippen LogP contribution in [0.25, 0.3) is 0 Å². The third kappa shape index (κ3) is 2.61. The summed E-state index contributed by atoms with van der Waals surface area (Å²) in [4.78, 5) is 17.1. The molecule has 3 aliphatic rings. The topological polar surface area (TPSA) is 54.0 Å². The summed E-state index contributed by atoms with van der Waals surface area (Å²) >= 11 is 0. The monoisotopic (exact) mass is 317 g/mol. The van der Waals surface area contributed by atoms with Crippen LogP contribution in [0.5, 0.6) is 11.5 Å². The van der Waals surface area contributed by atoms with E-state index in [-0.39, 0.29) is 18.7 Å². The first-order chi connectivity index (χ1) is 11.3. The Bertz CT molecular complexity index is 613. The molecule has 4 rings (SSSR count). The zero-order chi connectivity index (χ0) is 15.8. The Kier molecular flexibility index (Phi) is 3.77. The fraction of sp³-hybridized carbons (Fsp3) is 0.588. The average molecular weight is 317 g/mol. The van der Waals surface area contributed by atoms with Gasteiger partial charge in [-0.2, -0.15) is 0 Å². The van der Waals surface area contributed by atoms with Gasteiger partial charge in [-0.3, -0.25) is 4.79 Å². The summed E-state index contributed by atoms with van der Waals surface area (Å²) in [7, 11) is 0. The predicted octanol–water partition coefficient (Wildman–Crippen LogP) is 2.05. The summed E-state index contributed by atoms with van der Waals surface area (Å²) in [5.41, 5.74) is 1.87. The number of benzene rings is 1. The minimum atomic E-state index is -0.165. The van der Waals surface area contributed by atoms with E-state index in [1.807, 2.05) is 24.0 Å². The highest BCUT2D eigenvalue weighted by molar-refractivity contribution is 6.05. The molecule has 1 amide bonds. The van der Waals surface area contributed by atoms with Gasteiger partial charge >= 0.3 is 0 Å². The molecule has 3 aliphatic heterocycles. The second kappa shape index (κ2) is 5.92. The van der Waals surface area contributed by atoms with Crippen molar-refractivity contribution in [2.24, 2.45) is 0 Å². The van der Waals surface area contributed by atoms with Crippen molar-refractivity contribution < 1.29 is 14.3 Å². The van der Waals surface area contributed by atoms with E-state index in [4.69, 9.17) is 9.47 Å². The van der Waals surface area contributed by atoms with E-state index in [2.05, 4.69) is 10.2 Å². The molecule has 6 heteroatoms. The quantitative estimate of drug-likeness (QED) is 0.921. The lowest BCUT2D eigenvalue weighted by atomic mass is 10.1. The fourth-order valence-corrected chi connectivity index (χ4v) is 3.58. The van der Waals surface area contributed by atoms with Crippen LogP contribution in [-0.4, -0.2) is 49.8 Å². The Hall–Kier alpha value is -1.95. The number of likely N-dealkylation sites (tertiary alicyclic amines) is 1. The van der Waals surface area contributed by atoms with Crippen LogP contribution < -0.4 is 19.7 Å². The number of amides is 1. The minimum Gasteiger partial charge on any atom is -0.454 e. The van der Waals surface area contributed by atoms with Crippen molar-refractivity contribution in [1.82, 2.24) is 4.90 Å². The number of fused-ring (bicyclic) bond motifs is 2. The summed E-state index contributed by atoms with van der Waals surface area (Å²) in [6, 6.07) is 3.72. The lowest BCUT2D eigenvalue weighted by molar-refractivity contribution is -0.119. The first kappa shape index (κ1) is 14.6. The second-order valence-electron chi connectivity index (χ2n) is 6.37. The first-order valence-corrected chi connectivity index (χ1v) is 8.50. The van der Waals surface area contributed by atoms with Crippen molar-refractivity contribution in [2.45, 2.75) is 32.2 Å². The van der Waals surface area contributed by atoms with Crippen LogP contribution in [0.3, 0.4) is 0 Å². The molecule has 1 saturated heterocycles. The number of carbonyl (C=O) groups is 1. The molecule has 124 valence electrons. The molecule has 1 aromatic rings. The van der Waals surface area contributed by atoms with Gasteiger partial charge in [0.25, 0.3) is 0 Å². The highest BCUT2D eigenvalue weighted by atomic mass is 16.7. The number of rotatable bonds is 4. The zero-order valence-corrected chi connectivity index (χ0v) is 13.5. The van der Waals surface area contributed by atoms with Crippen LogP contribution >= 0.6 is 0 Å². The third-order valence-corrected chi connectivity index (χ3v) is 4.92. The molecule has 0 aromatic heterocycles. The molecule has 1 fully saturated rings. The highest BCUT2D eigenvalue weighted by Gasteiger charge is 2.33. The standard InChI is InChI=1S/C17H23N3O3/c1-2-12-17(21)20(8-7-19-5-3-4-6-19)14-10-16-15(22-11-23-16)9-13(14)18-12/h9-10,12,18H,2-8,11H2,1H3. The van der Waals surface area contributed by atoms with Crippen LogP contribution in [0.15, 0.2) is 12.1 Å². The van der Waals surface area contributed by atoms with Gasteiger partial charge in [0.2, 0.25) is 12.7 Å². The molecule has 0 spiro atoms. The van der Waals surface area contributed by atoms with Crippen LogP contribution in [0.4, 0.5) is 11.4 Å². The van der Waals surface area contributed by atoms with Gasteiger partial charge in [0, 0.05) is 25.2 Å². The average Bonchev–Trinajstić information content (AvgIpc) is 3.22. The first-order valence-electron chi connectivity index (χ1n) is 8.50. The molecule has 23 heavy (non-hydrogen) atoms. The molecular weight excluding hydrogens is 294 g/mol. The third-order valence-electron chi connectivity index (χ3n) is 4.92. The normalized spacial score (nSPS) is 23.1. The number of carbonyl (C=O) groups excluding carboxylic acids is 1. The molecule has 3 heterocycles. The molecule has 0 saturated carbocycles. The van der Waals surface area contributed by atoms with Crippen molar-refractivity contribution in [3.63, 3.8) is 0 Å². The Morgan fingerprint density at radius 2 is 1.91 bits per heavy atom. The molecule has 1 N–H and O–H groups in total. The van der Waals surface area contributed by atoms with E-state index < -0.39 is 0 Å².